The minimum atomic E-state index is 0.836. The van der Waals surface area contributed by atoms with Gasteiger partial charge in [-0.2, -0.15) is 0 Å². The van der Waals surface area contributed by atoms with Gasteiger partial charge in [-0.05, 0) is 25.0 Å². The maximum Gasteiger partial charge on any atom is 0.0205 e. The first-order chi connectivity index (χ1) is 8.78. The number of nitrogens with one attached hydrogen (secondary N) is 2. The van der Waals surface area contributed by atoms with Crippen molar-refractivity contribution >= 4 is 0 Å². The van der Waals surface area contributed by atoms with E-state index < -0.39 is 0 Å². The van der Waals surface area contributed by atoms with Crippen molar-refractivity contribution in [3.05, 3.63) is 60.8 Å². The molecule has 18 heavy (non-hydrogen) atoms. The molecule has 0 saturated carbocycles. The lowest BCUT2D eigenvalue weighted by Gasteiger charge is -2.07. The molecule has 0 aromatic rings. The second-order valence-electron chi connectivity index (χ2n) is 3.90. The predicted octanol–water partition coefficient (Wildman–Crippen LogP) is 2.99. The Labute approximate surface area is 112 Å². The molecular formula is C16H26N2. The van der Waals surface area contributed by atoms with Gasteiger partial charge in [-0.25, -0.2) is 0 Å². The van der Waals surface area contributed by atoms with E-state index in [1.165, 1.54) is 5.57 Å². The summed E-state index contributed by atoms with van der Waals surface area (Å²) in [7, 11) is 0. The second kappa shape index (κ2) is 12.1. The SMILES string of the molecule is C=C/C=C(\C=C)CNCCNCC(/C=C\C)=C/C. The van der Waals surface area contributed by atoms with Gasteiger partial charge in [0.15, 0.2) is 0 Å². The zero-order valence-electron chi connectivity index (χ0n) is 11.7. The fraction of sp³-hybridized carbons (Fsp3) is 0.375. The maximum absolute atomic E-state index is 3.76. The summed E-state index contributed by atoms with van der Waals surface area (Å²) >= 11 is 0. The van der Waals surface area contributed by atoms with Crippen LogP contribution in [0.1, 0.15) is 13.8 Å². The highest BCUT2D eigenvalue weighted by Gasteiger charge is 1.92. The molecule has 0 rings (SSSR count). The van der Waals surface area contributed by atoms with Crippen LogP contribution < -0.4 is 10.6 Å². The van der Waals surface area contributed by atoms with Crippen LogP contribution in [0, 0.1) is 0 Å². The fourth-order valence-corrected chi connectivity index (χ4v) is 1.46. The van der Waals surface area contributed by atoms with Crippen LogP contribution in [0.2, 0.25) is 0 Å². The Kier molecular flexibility index (Phi) is 11.2. The van der Waals surface area contributed by atoms with Crippen molar-refractivity contribution in [3.63, 3.8) is 0 Å². The summed E-state index contributed by atoms with van der Waals surface area (Å²) in [6.45, 7) is 15.2. The molecule has 100 valence electrons. The summed E-state index contributed by atoms with van der Waals surface area (Å²) < 4.78 is 0. The average molecular weight is 246 g/mol. The lowest BCUT2D eigenvalue weighted by atomic mass is 10.2. The number of hydrogen-bond donors (Lipinski definition) is 2. The van der Waals surface area contributed by atoms with Gasteiger partial charge in [0.05, 0.1) is 0 Å². The molecular weight excluding hydrogens is 220 g/mol. The zero-order chi connectivity index (χ0) is 13.6. The van der Waals surface area contributed by atoms with E-state index in [4.69, 9.17) is 0 Å². The summed E-state index contributed by atoms with van der Waals surface area (Å²) in [5.41, 5.74) is 2.48. The lowest BCUT2D eigenvalue weighted by Crippen LogP contribution is -2.29. The monoisotopic (exact) mass is 246 g/mol. The maximum atomic E-state index is 3.76. The van der Waals surface area contributed by atoms with Crippen LogP contribution in [0.3, 0.4) is 0 Å². The average Bonchev–Trinajstić information content (AvgIpc) is 2.39. The zero-order valence-corrected chi connectivity index (χ0v) is 11.7. The molecule has 0 aliphatic carbocycles. The summed E-state index contributed by atoms with van der Waals surface area (Å²) in [6.07, 6.45) is 11.9. The smallest absolute Gasteiger partial charge is 0.0205 e. The molecule has 2 heteroatoms. The van der Waals surface area contributed by atoms with Crippen LogP contribution >= 0.6 is 0 Å². The summed E-state index contributed by atoms with van der Waals surface area (Å²) in [4.78, 5) is 0. The van der Waals surface area contributed by atoms with Gasteiger partial charge in [-0.3, -0.25) is 0 Å². The minimum Gasteiger partial charge on any atom is -0.311 e. The molecule has 0 bridgehead atoms. The highest BCUT2D eigenvalue weighted by molar-refractivity contribution is 5.22. The van der Waals surface area contributed by atoms with Crippen molar-refractivity contribution in [2.45, 2.75) is 13.8 Å². The summed E-state index contributed by atoms with van der Waals surface area (Å²) in [6, 6.07) is 0. The lowest BCUT2D eigenvalue weighted by molar-refractivity contribution is 0.658. The Bertz CT molecular complexity index is 322. The first-order valence-electron chi connectivity index (χ1n) is 6.41. The Balaban J connectivity index is 3.66. The molecule has 2 N–H and O–H groups in total. The van der Waals surface area contributed by atoms with Gasteiger partial charge in [-0.15, -0.1) is 0 Å². The van der Waals surface area contributed by atoms with Gasteiger partial charge < -0.3 is 10.6 Å². The molecule has 0 heterocycles. The quantitative estimate of drug-likeness (QED) is 0.457. The van der Waals surface area contributed by atoms with Gasteiger partial charge in [0.2, 0.25) is 0 Å². The highest BCUT2D eigenvalue weighted by atomic mass is 14.9. The molecule has 0 amide bonds. The molecule has 0 fully saturated rings. The molecule has 0 radical (unpaired) electrons. The Morgan fingerprint density at radius 1 is 1.00 bits per heavy atom. The van der Waals surface area contributed by atoms with E-state index in [1.54, 1.807) is 6.08 Å². The van der Waals surface area contributed by atoms with Gasteiger partial charge in [-0.1, -0.05) is 49.6 Å². The first kappa shape index (κ1) is 16.6. The third-order valence-corrected chi connectivity index (χ3v) is 2.48. The molecule has 0 atom stereocenters. The fourth-order valence-electron chi connectivity index (χ4n) is 1.46. The third kappa shape index (κ3) is 8.74. The largest absolute Gasteiger partial charge is 0.311 e. The van der Waals surface area contributed by atoms with E-state index in [2.05, 4.69) is 48.9 Å². The molecule has 0 saturated heterocycles. The Hall–Kier alpha value is -1.38. The number of rotatable bonds is 10. The first-order valence-corrected chi connectivity index (χ1v) is 6.41. The molecule has 0 aliphatic heterocycles. The molecule has 0 spiro atoms. The van der Waals surface area contributed by atoms with E-state index in [-0.39, 0.29) is 0 Å². The van der Waals surface area contributed by atoms with Crippen LogP contribution in [-0.2, 0) is 0 Å². The molecule has 0 aromatic heterocycles. The van der Waals surface area contributed by atoms with Crippen molar-refractivity contribution in [2.75, 3.05) is 26.2 Å². The summed E-state index contributed by atoms with van der Waals surface area (Å²) in [5.74, 6) is 0. The van der Waals surface area contributed by atoms with E-state index in [9.17, 15) is 0 Å². The van der Waals surface area contributed by atoms with Crippen LogP contribution in [0.25, 0.3) is 0 Å². The van der Waals surface area contributed by atoms with E-state index in [0.717, 1.165) is 31.8 Å². The van der Waals surface area contributed by atoms with Crippen molar-refractivity contribution in [1.29, 1.82) is 0 Å². The molecule has 0 aliphatic rings. The number of allylic oxidation sites excluding steroid dienone is 4. The third-order valence-electron chi connectivity index (χ3n) is 2.48. The highest BCUT2D eigenvalue weighted by Crippen LogP contribution is 1.94. The Morgan fingerprint density at radius 2 is 1.61 bits per heavy atom. The van der Waals surface area contributed by atoms with Gasteiger partial charge in [0.1, 0.15) is 0 Å². The van der Waals surface area contributed by atoms with Gasteiger partial charge >= 0.3 is 0 Å². The topological polar surface area (TPSA) is 24.1 Å². The van der Waals surface area contributed by atoms with Crippen molar-refractivity contribution in [1.82, 2.24) is 10.6 Å². The second-order valence-corrected chi connectivity index (χ2v) is 3.90. The standard InChI is InChI=1S/C16H26N2/c1-5-9-15(7-3)13-17-11-12-18-14-16(8-4)10-6-2/h5-10,17-18H,1,3,11-14H2,2,4H3/b10-6-,15-9+,16-8+. The van der Waals surface area contributed by atoms with E-state index in [1.807, 2.05) is 19.1 Å². The van der Waals surface area contributed by atoms with Crippen molar-refractivity contribution in [3.8, 4) is 0 Å². The summed E-state index contributed by atoms with van der Waals surface area (Å²) in [5, 5.41) is 6.76. The van der Waals surface area contributed by atoms with Crippen molar-refractivity contribution in [2.24, 2.45) is 0 Å². The number of hydrogen-bond acceptors (Lipinski definition) is 2. The van der Waals surface area contributed by atoms with E-state index >= 15 is 0 Å². The van der Waals surface area contributed by atoms with Crippen LogP contribution in [-0.4, -0.2) is 26.2 Å². The molecule has 2 nitrogen and oxygen atoms in total. The molecule has 0 unspecified atom stereocenters. The normalized spacial score (nSPS) is 13.0. The van der Waals surface area contributed by atoms with Crippen LogP contribution in [0.5, 0.6) is 0 Å². The van der Waals surface area contributed by atoms with Gasteiger partial charge in [0, 0.05) is 26.2 Å². The van der Waals surface area contributed by atoms with Crippen LogP contribution in [0.15, 0.2) is 60.8 Å². The molecule has 0 aromatic carbocycles. The van der Waals surface area contributed by atoms with Crippen LogP contribution in [0.4, 0.5) is 0 Å². The Morgan fingerprint density at radius 3 is 2.06 bits per heavy atom. The van der Waals surface area contributed by atoms with E-state index in [0.29, 0.717) is 0 Å². The van der Waals surface area contributed by atoms with Gasteiger partial charge in [0.25, 0.3) is 0 Å². The predicted molar refractivity (Wildman–Crippen MR) is 82.8 cm³/mol. The van der Waals surface area contributed by atoms with Crippen molar-refractivity contribution < 1.29 is 0 Å². The minimum absolute atomic E-state index is 0.836.